The summed E-state index contributed by atoms with van der Waals surface area (Å²) in [5.74, 6) is 0.640. The molecule has 3 rings (SSSR count). The van der Waals surface area contributed by atoms with E-state index >= 15 is 0 Å². The molecule has 0 spiro atoms. The molecule has 0 saturated carbocycles. The molecular formula is C14H17N3O2. The van der Waals surface area contributed by atoms with E-state index in [-0.39, 0.29) is 5.91 Å². The molecule has 2 saturated heterocycles. The van der Waals surface area contributed by atoms with E-state index in [1.54, 1.807) is 24.3 Å². The summed E-state index contributed by atoms with van der Waals surface area (Å²) < 4.78 is 0. The number of rotatable bonds is 2. The summed E-state index contributed by atoms with van der Waals surface area (Å²) >= 11 is 0. The van der Waals surface area contributed by atoms with Gasteiger partial charge in [-0.05, 0) is 30.0 Å². The second-order valence-corrected chi connectivity index (χ2v) is 5.33. The highest BCUT2D eigenvalue weighted by molar-refractivity contribution is 5.99. The maximum Gasteiger partial charge on any atom is 0.253 e. The lowest BCUT2D eigenvalue weighted by molar-refractivity contribution is 0.0781. The Morgan fingerprint density at radius 1 is 1.16 bits per heavy atom. The second-order valence-electron chi connectivity index (χ2n) is 5.33. The summed E-state index contributed by atoms with van der Waals surface area (Å²) in [7, 11) is 0. The number of fused-ring (bicyclic) bond motifs is 1. The molecular weight excluding hydrogens is 242 g/mol. The van der Waals surface area contributed by atoms with Crippen molar-refractivity contribution >= 4 is 11.8 Å². The van der Waals surface area contributed by atoms with Crippen molar-refractivity contribution in [1.29, 1.82) is 0 Å². The monoisotopic (exact) mass is 259 g/mol. The van der Waals surface area contributed by atoms with Crippen LogP contribution in [0.4, 0.5) is 0 Å². The largest absolute Gasteiger partial charge is 0.366 e. The fourth-order valence-corrected chi connectivity index (χ4v) is 3.01. The van der Waals surface area contributed by atoms with Gasteiger partial charge in [0.15, 0.2) is 0 Å². The fourth-order valence-electron chi connectivity index (χ4n) is 3.01. The maximum atomic E-state index is 12.4. The van der Waals surface area contributed by atoms with E-state index in [9.17, 15) is 9.59 Å². The zero-order valence-corrected chi connectivity index (χ0v) is 10.6. The number of likely N-dealkylation sites (tertiary alicyclic amines) is 1. The molecule has 19 heavy (non-hydrogen) atoms. The van der Waals surface area contributed by atoms with Crippen LogP contribution in [0, 0.1) is 11.8 Å². The molecule has 2 aliphatic heterocycles. The van der Waals surface area contributed by atoms with E-state index < -0.39 is 5.91 Å². The molecule has 1 aromatic carbocycles. The summed E-state index contributed by atoms with van der Waals surface area (Å²) in [5, 5.41) is 3.35. The number of benzene rings is 1. The summed E-state index contributed by atoms with van der Waals surface area (Å²) in [6.45, 7) is 3.60. The first kappa shape index (κ1) is 12.2. The van der Waals surface area contributed by atoms with Crippen molar-refractivity contribution in [3.63, 3.8) is 0 Å². The Labute approximate surface area is 111 Å². The standard InChI is InChI=1S/C14H17N3O2/c15-13(18)9-2-1-3-10(4-9)14(19)17-7-11-5-16-6-12(11)8-17/h1-4,11-12,16H,5-8H2,(H2,15,18). The van der Waals surface area contributed by atoms with Gasteiger partial charge < -0.3 is 16.0 Å². The average Bonchev–Trinajstić information content (AvgIpc) is 2.98. The third-order valence-electron chi connectivity index (χ3n) is 4.07. The number of primary amides is 1. The normalized spacial score (nSPS) is 25.4. The van der Waals surface area contributed by atoms with Crippen molar-refractivity contribution in [3.8, 4) is 0 Å². The number of carbonyl (C=O) groups is 2. The molecule has 100 valence electrons. The third kappa shape index (κ3) is 2.21. The molecule has 0 aromatic heterocycles. The predicted octanol–water partition coefficient (Wildman–Crippen LogP) is 0.0769. The van der Waals surface area contributed by atoms with E-state index in [4.69, 9.17) is 5.73 Å². The van der Waals surface area contributed by atoms with E-state index in [0.29, 0.717) is 23.0 Å². The van der Waals surface area contributed by atoms with Gasteiger partial charge in [-0.3, -0.25) is 9.59 Å². The van der Waals surface area contributed by atoms with Crippen LogP contribution in [0.5, 0.6) is 0 Å². The number of carbonyl (C=O) groups excluding carboxylic acids is 2. The minimum atomic E-state index is -0.503. The van der Waals surface area contributed by atoms with Crippen molar-refractivity contribution in [1.82, 2.24) is 10.2 Å². The van der Waals surface area contributed by atoms with Crippen LogP contribution in [0.25, 0.3) is 0 Å². The molecule has 0 aliphatic carbocycles. The SMILES string of the molecule is NC(=O)c1cccc(C(=O)N2CC3CNCC3C2)c1. The third-order valence-corrected chi connectivity index (χ3v) is 4.07. The zero-order chi connectivity index (χ0) is 13.4. The van der Waals surface area contributed by atoms with E-state index in [1.165, 1.54) is 0 Å². The molecule has 2 atom stereocenters. The van der Waals surface area contributed by atoms with Crippen molar-refractivity contribution in [3.05, 3.63) is 35.4 Å². The van der Waals surface area contributed by atoms with Crippen LogP contribution in [0.1, 0.15) is 20.7 Å². The number of hydrogen-bond donors (Lipinski definition) is 2. The van der Waals surface area contributed by atoms with Gasteiger partial charge in [0, 0.05) is 37.3 Å². The van der Waals surface area contributed by atoms with Gasteiger partial charge in [0.25, 0.3) is 5.91 Å². The van der Waals surface area contributed by atoms with Crippen molar-refractivity contribution in [2.45, 2.75) is 0 Å². The maximum absolute atomic E-state index is 12.4. The lowest BCUT2D eigenvalue weighted by atomic mass is 10.0. The van der Waals surface area contributed by atoms with Crippen molar-refractivity contribution in [2.75, 3.05) is 26.2 Å². The Balaban J connectivity index is 1.77. The van der Waals surface area contributed by atoms with E-state index in [1.807, 2.05) is 4.90 Å². The molecule has 3 N–H and O–H groups in total. The van der Waals surface area contributed by atoms with Gasteiger partial charge in [0.1, 0.15) is 0 Å². The Morgan fingerprint density at radius 3 is 2.42 bits per heavy atom. The molecule has 0 radical (unpaired) electrons. The molecule has 5 nitrogen and oxygen atoms in total. The second kappa shape index (κ2) is 4.66. The van der Waals surface area contributed by atoms with Gasteiger partial charge >= 0.3 is 0 Å². The summed E-state index contributed by atoms with van der Waals surface area (Å²) in [4.78, 5) is 25.4. The van der Waals surface area contributed by atoms with Crippen LogP contribution in [-0.2, 0) is 0 Å². The summed E-state index contributed by atoms with van der Waals surface area (Å²) in [5.41, 5.74) is 6.17. The average molecular weight is 259 g/mol. The molecule has 2 heterocycles. The smallest absolute Gasteiger partial charge is 0.253 e. The highest BCUT2D eigenvalue weighted by Gasteiger charge is 2.38. The molecule has 2 amide bonds. The number of nitrogens with two attached hydrogens (primary N) is 1. The predicted molar refractivity (Wildman–Crippen MR) is 70.7 cm³/mol. The van der Waals surface area contributed by atoms with Gasteiger partial charge in [0.05, 0.1) is 0 Å². The number of amides is 2. The number of nitrogens with zero attached hydrogens (tertiary/aromatic N) is 1. The Hall–Kier alpha value is -1.88. The van der Waals surface area contributed by atoms with Gasteiger partial charge in [0.2, 0.25) is 5.91 Å². The van der Waals surface area contributed by atoms with Gasteiger partial charge in [-0.25, -0.2) is 0 Å². The summed E-state index contributed by atoms with van der Waals surface area (Å²) in [6.07, 6.45) is 0. The van der Waals surface area contributed by atoms with Crippen LogP contribution in [0.2, 0.25) is 0 Å². The van der Waals surface area contributed by atoms with Gasteiger partial charge in [-0.2, -0.15) is 0 Å². The van der Waals surface area contributed by atoms with Crippen LogP contribution in [0.3, 0.4) is 0 Å². The lowest BCUT2D eigenvalue weighted by Gasteiger charge is -2.17. The van der Waals surface area contributed by atoms with Crippen LogP contribution in [-0.4, -0.2) is 42.9 Å². The zero-order valence-electron chi connectivity index (χ0n) is 10.6. The molecule has 5 heteroatoms. The van der Waals surface area contributed by atoms with Crippen LogP contribution in [0.15, 0.2) is 24.3 Å². The first-order valence-corrected chi connectivity index (χ1v) is 6.55. The van der Waals surface area contributed by atoms with E-state index in [2.05, 4.69) is 5.32 Å². The van der Waals surface area contributed by atoms with Crippen molar-refractivity contribution < 1.29 is 9.59 Å². The van der Waals surface area contributed by atoms with Gasteiger partial charge in [-0.15, -0.1) is 0 Å². The van der Waals surface area contributed by atoms with Crippen LogP contribution >= 0.6 is 0 Å². The first-order valence-electron chi connectivity index (χ1n) is 6.55. The van der Waals surface area contributed by atoms with Crippen LogP contribution < -0.4 is 11.1 Å². The van der Waals surface area contributed by atoms with E-state index in [0.717, 1.165) is 26.2 Å². The molecule has 1 aromatic rings. The number of nitrogens with one attached hydrogen (secondary N) is 1. The molecule has 0 bridgehead atoms. The fraction of sp³-hybridized carbons (Fsp3) is 0.429. The first-order chi connectivity index (χ1) is 9.15. The summed E-state index contributed by atoms with van der Waals surface area (Å²) in [6, 6.07) is 6.64. The Bertz CT molecular complexity index is 517. The highest BCUT2D eigenvalue weighted by Crippen LogP contribution is 2.27. The minimum Gasteiger partial charge on any atom is -0.366 e. The highest BCUT2D eigenvalue weighted by atomic mass is 16.2. The topological polar surface area (TPSA) is 75.4 Å². The quantitative estimate of drug-likeness (QED) is 0.789. The minimum absolute atomic E-state index is 0.00231. The number of hydrogen-bond acceptors (Lipinski definition) is 3. The Kier molecular flexibility index (Phi) is 2.98. The molecule has 2 unspecified atom stereocenters. The molecule has 2 fully saturated rings. The Morgan fingerprint density at radius 2 is 1.79 bits per heavy atom. The van der Waals surface area contributed by atoms with Crippen molar-refractivity contribution in [2.24, 2.45) is 17.6 Å². The van der Waals surface area contributed by atoms with Gasteiger partial charge in [-0.1, -0.05) is 6.07 Å². The molecule has 2 aliphatic rings. The lowest BCUT2D eigenvalue weighted by Crippen LogP contribution is -2.32.